The SMILES string of the molecule is CC(C)(C(=O)O)C1CCCN(Cc2cc(F)ccc2Br)C1. The van der Waals surface area contributed by atoms with Gasteiger partial charge in [-0.2, -0.15) is 0 Å². The molecule has 3 nitrogen and oxygen atoms in total. The van der Waals surface area contributed by atoms with Gasteiger partial charge in [-0.25, -0.2) is 4.39 Å². The maximum atomic E-state index is 13.4. The maximum absolute atomic E-state index is 13.4. The van der Waals surface area contributed by atoms with Gasteiger partial charge in [0.15, 0.2) is 0 Å². The van der Waals surface area contributed by atoms with E-state index in [0.29, 0.717) is 6.54 Å². The molecule has 2 rings (SSSR count). The van der Waals surface area contributed by atoms with Crippen LogP contribution in [0.2, 0.25) is 0 Å². The molecule has 0 aliphatic carbocycles. The topological polar surface area (TPSA) is 40.5 Å². The van der Waals surface area contributed by atoms with Crippen LogP contribution in [0.15, 0.2) is 22.7 Å². The zero-order chi connectivity index (χ0) is 15.6. The molecule has 5 heteroatoms. The van der Waals surface area contributed by atoms with E-state index >= 15 is 0 Å². The Morgan fingerprint density at radius 1 is 1.52 bits per heavy atom. The molecule has 0 aromatic heterocycles. The Bertz CT molecular complexity index is 533. The molecule has 1 aromatic rings. The number of carbonyl (C=O) groups is 1. The Labute approximate surface area is 133 Å². The highest BCUT2D eigenvalue weighted by Gasteiger charge is 2.39. The van der Waals surface area contributed by atoms with Crippen molar-refractivity contribution in [1.82, 2.24) is 4.90 Å². The number of benzene rings is 1. The molecular weight excluding hydrogens is 337 g/mol. The average molecular weight is 358 g/mol. The van der Waals surface area contributed by atoms with Crippen LogP contribution in [0.25, 0.3) is 0 Å². The summed E-state index contributed by atoms with van der Waals surface area (Å²) in [6, 6.07) is 4.68. The second kappa shape index (κ2) is 6.44. The van der Waals surface area contributed by atoms with Crippen LogP contribution in [-0.4, -0.2) is 29.1 Å². The van der Waals surface area contributed by atoms with Gasteiger partial charge in [-0.05, 0) is 62.9 Å². The smallest absolute Gasteiger partial charge is 0.309 e. The first-order chi connectivity index (χ1) is 9.80. The quantitative estimate of drug-likeness (QED) is 0.887. The van der Waals surface area contributed by atoms with Gasteiger partial charge < -0.3 is 5.11 Å². The van der Waals surface area contributed by atoms with Crippen LogP contribution in [0.5, 0.6) is 0 Å². The highest BCUT2D eigenvalue weighted by Crippen LogP contribution is 2.35. The molecule has 0 saturated carbocycles. The van der Waals surface area contributed by atoms with Gasteiger partial charge in [0.25, 0.3) is 0 Å². The number of halogens is 2. The summed E-state index contributed by atoms with van der Waals surface area (Å²) >= 11 is 3.45. The molecule has 1 fully saturated rings. The molecule has 0 spiro atoms. The zero-order valence-electron chi connectivity index (χ0n) is 12.4. The highest BCUT2D eigenvalue weighted by molar-refractivity contribution is 9.10. The van der Waals surface area contributed by atoms with Gasteiger partial charge in [0.1, 0.15) is 5.82 Å². The second-order valence-corrected chi connectivity index (χ2v) is 7.19. The molecule has 1 atom stereocenters. The number of hydrogen-bond donors (Lipinski definition) is 1. The molecular formula is C16H21BrFNO2. The summed E-state index contributed by atoms with van der Waals surface area (Å²) in [5.41, 5.74) is 0.182. The minimum absolute atomic E-state index is 0.121. The van der Waals surface area contributed by atoms with E-state index in [2.05, 4.69) is 20.8 Å². The molecule has 0 radical (unpaired) electrons. The lowest BCUT2D eigenvalue weighted by molar-refractivity contribution is -0.151. The molecule has 21 heavy (non-hydrogen) atoms. The molecule has 1 heterocycles. The lowest BCUT2D eigenvalue weighted by Crippen LogP contribution is -2.44. The van der Waals surface area contributed by atoms with E-state index in [4.69, 9.17) is 0 Å². The summed E-state index contributed by atoms with van der Waals surface area (Å²) in [4.78, 5) is 13.6. The van der Waals surface area contributed by atoms with E-state index in [-0.39, 0.29) is 11.7 Å². The van der Waals surface area contributed by atoms with Crippen molar-refractivity contribution in [3.8, 4) is 0 Å². The number of hydrogen-bond acceptors (Lipinski definition) is 2. The third-order valence-electron chi connectivity index (χ3n) is 4.48. The minimum Gasteiger partial charge on any atom is -0.481 e. The molecule has 1 aliphatic heterocycles. The van der Waals surface area contributed by atoms with Crippen LogP contribution >= 0.6 is 15.9 Å². The minimum atomic E-state index is -0.749. The Morgan fingerprint density at radius 3 is 2.90 bits per heavy atom. The highest BCUT2D eigenvalue weighted by atomic mass is 79.9. The van der Waals surface area contributed by atoms with E-state index in [1.807, 2.05) is 0 Å². The van der Waals surface area contributed by atoms with Crippen LogP contribution < -0.4 is 0 Å². The molecule has 1 aromatic carbocycles. The number of rotatable bonds is 4. The molecule has 0 bridgehead atoms. The monoisotopic (exact) mass is 357 g/mol. The van der Waals surface area contributed by atoms with E-state index in [1.165, 1.54) is 12.1 Å². The number of nitrogens with zero attached hydrogens (tertiary/aromatic N) is 1. The van der Waals surface area contributed by atoms with Crippen molar-refractivity contribution in [2.75, 3.05) is 13.1 Å². The van der Waals surface area contributed by atoms with Gasteiger partial charge in [0, 0.05) is 17.6 Å². The van der Waals surface area contributed by atoms with Gasteiger partial charge in [0.2, 0.25) is 0 Å². The number of aliphatic carboxylic acids is 1. The summed E-state index contributed by atoms with van der Waals surface area (Å²) in [5.74, 6) is -0.870. The first-order valence-electron chi connectivity index (χ1n) is 7.20. The standard InChI is InChI=1S/C16H21BrFNO2/c1-16(2,15(20)21)12-4-3-7-19(10-12)9-11-8-13(18)5-6-14(11)17/h5-6,8,12H,3-4,7,9-10H2,1-2H3,(H,20,21). The van der Waals surface area contributed by atoms with Crippen LogP contribution in [0.4, 0.5) is 4.39 Å². The van der Waals surface area contributed by atoms with Crippen LogP contribution in [0, 0.1) is 17.2 Å². The molecule has 1 aliphatic rings. The van der Waals surface area contributed by atoms with Crippen molar-refractivity contribution >= 4 is 21.9 Å². The number of piperidine rings is 1. The molecule has 1 saturated heterocycles. The second-order valence-electron chi connectivity index (χ2n) is 6.34. The summed E-state index contributed by atoms with van der Waals surface area (Å²) in [7, 11) is 0. The van der Waals surface area contributed by atoms with Gasteiger partial charge in [-0.15, -0.1) is 0 Å². The molecule has 1 N–H and O–H groups in total. The van der Waals surface area contributed by atoms with Gasteiger partial charge in [-0.1, -0.05) is 15.9 Å². The summed E-state index contributed by atoms with van der Waals surface area (Å²) in [5, 5.41) is 9.37. The van der Waals surface area contributed by atoms with Crippen molar-refractivity contribution in [3.05, 3.63) is 34.1 Å². The molecule has 116 valence electrons. The van der Waals surface area contributed by atoms with Gasteiger partial charge in [-0.3, -0.25) is 9.69 Å². The fraction of sp³-hybridized carbons (Fsp3) is 0.562. The number of carboxylic acid groups (broad SMARTS) is 1. The Hall–Kier alpha value is -0.940. The van der Waals surface area contributed by atoms with Crippen LogP contribution in [0.3, 0.4) is 0 Å². The summed E-state index contributed by atoms with van der Waals surface area (Å²) in [6.45, 7) is 5.89. The van der Waals surface area contributed by atoms with E-state index in [1.54, 1.807) is 19.9 Å². The third kappa shape index (κ3) is 3.83. The van der Waals surface area contributed by atoms with Crippen molar-refractivity contribution in [2.45, 2.75) is 33.2 Å². The fourth-order valence-corrected chi connectivity index (χ4v) is 3.24. The van der Waals surface area contributed by atoms with E-state index in [0.717, 1.165) is 36.0 Å². The predicted molar refractivity (Wildman–Crippen MR) is 83.5 cm³/mol. The van der Waals surface area contributed by atoms with Crippen molar-refractivity contribution in [3.63, 3.8) is 0 Å². The largest absolute Gasteiger partial charge is 0.481 e. The molecule has 0 amide bonds. The van der Waals surface area contributed by atoms with Crippen molar-refractivity contribution in [2.24, 2.45) is 11.3 Å². The van der Waals surface area contributed by atoms with Crippen molar-refractivity contribution < 1.29 is 14.3 Å². The maximum Gasteiger partial charge on any atom is 0.309 e. The van der Waals surface area contributed by atoms with E-state index in [9.17, 15) is 14.3 Å². The lowest BCUT2D eigenvalue weighted by atomic mass is 9.74. The third-order valence-corrected chi connectivity index (χ3v) is 5.25. The molecule has 1 unspecified atom stereocenters. The fourth-order valence-electron chi connectivity index (χ4n) is 2.87. The lowest BCUT2D eigenvalue weighted by Gasteiger charge is -2.39. The first kappa shape index (κ1) is 16.4. The summed E-state index contributed by atoms with van der Waals surface area (Å²) in [6.07, 6.45) is 1.91. The zero-order valence-corrected chi connectivity index (χ0v) is 14.0. The number of likely N-dealkylation sites (tertiary alicyclic amines) is 1. The number of carboxylic acids is 1. The first-order valence-corrected chi connectivity index (χ1v) is 7.99. The predicted octanol–water partition coefficient (Wildman–Crippen LogP) is 3.91. The Kier molecular flexibility index (Phi) is 5.04. The summed E-state index contributed by atoms with van der Waals surface area (Å²) < 4.78 is 14.2. The normalized spacial score (nSPS) is 20.5. The van der Waals surface area contributed by atoms with Crippen LogP contribution in [-0.2, 0) is 11.3 Å². The van der Waals surface area contributed by atoms with Gasteiger partial charge >= 0.3 is 5.97 Å². The average Bonchev–Trinajstić information content (AvgIpc) is 2.43. The Morgan fingerprint density at radius 2 is 2.24 bits per heavy atom. The van der Waals surface area contributed by atoms with Crippen LogP contribution in [0.1, 0.15) is 32.3 Å². The van der Waals surface area contributed by atoms with E-state index < -0.39 is 11.4 Å². The van der Waals surface area contributed by atoms with Gasteiger partial charge in [0.05, 0.1) is 5.41 Å². The van der Waals surface area contributed by atoms with Crippen molar-refractivity contribution in [1.29, 1.82) is 0 Å². The Balaban J connectivity index is 2.08.